The van der Waals surface area contributed by atoms with Gasteiger partial charge in [-0.25, -0.2) is 17.9 Å². The van der Waals surface area contributed by atoms with Gasteiger partial charge in [-0.3, -0.25) is 0 Å². The van der Waals surface area contributed by atoms with Crippen molar-refractivity contribution in [1.29, 1.82) is 0 Å². The number of carbonyl (C=O) groups excluding carboxylic acids is 1. The molecule has 0 aromatic heterocycles. The molecule has 0 spiro atoms. The minimum atomic E-state index is -3.28. The maximum absolute atomic E-state index is 12.0. The van der Waals surface area contributed by atoms with Crippen molar-refractivity contribution in [3.63, 3.8) is 0 Å². The van der Waals surface area contributed by atoms with Gasteiger partial charge in [0.2, 0.25) is 10.0 Å². The summed E-state index contributed by atoms with van der Waals surface area (Å²) in [6.07, 6.45) is 3.30. The van der Waals surface area contributed by atoms with E-state index in [1.54, 1.807) is 18.7 Å². The number of piperidine rings is 1. The van der Waals surface area contributed by atoms with Gasteiger partial charge in [0, 0.05) is 25.2 Å². The third-order valence-corrected chi connectivity index (χ3v) is 4.01. The van der Waals surface area contributed by atoms with Crippen LogP contribution < -0.4 is 10.0 Å². The standard InChI is InChI=1S/C12H25N3O3S/c1-10-6-5-7-15(8-10)11(16)13-9-12(2,3)14-19(4,17)18/h10,14H,5-9H2,1-4H3,(H,13,16). The molecule has 1 rings (SSSR count). The molecule has 0 saturated carbocycles. The first-order valence-electron chi connectivity index (χ1n) is 6.61. The second-order valence-corrected chi connectivity index (χ2v) is 7.86. The predicted molar refractivity (Wildman–Crippen MR) is 75.4 cm³/mol. The van der Waals surface area contributed by atoms with Gasteiger partial charge in [-0.05, 0) is 32.6 Å². The first-order chi connectivity index (χ1) is 8.59. The Labute approximate surface area is 116 Å². The average Bonchev–Trinajstić information content (AvgIpc) is 2.22. The van der Waals surface area contributed by atoms with Crippen LogP contribution in [0.15, 0.2) is 0 Å². The van der Waals surface area contributed by atoms with Crippen molar-refractivity contribution >= 4 is 16.1 Å². The Bertz CT molecular complexity index is 420. The number of hydrogen-bond acceptors (Lipinski definition) is 3. The summed E-state index contributed by atoms with van der Waals surface area (Å²) in [6, 6.07) is -0.116. The zero-order valence-electron chi connectivity index (χ0n) is 12.2. The van der Waals surface area contributed by atoms with Gasteiger partial charge in [-0.2, -0.15) is 0 Å². The zero-order chi connectivity index (χ0) is 14.7. The van der Waals surface area contributed by atoms with Crippen LogP contribution in [0.25, 0.3) is 0 Å². The van der Waals surface area contributed by atoms with Gasteiger partial charge >= 0.3 is 6.03 Å². The summed E-state index contributed by atoms with van der Waals surface area (Å²) in [5, 5.41) is 2.80. The summed E-state index contributed by atoms with van der Waals surface area (Å²) in [6.45, 7) is 7.43. The van der Waals surface area contributed by atoms with Crippen molar-refractivity contribution < 1.29 is 13.2 Å². The number of likely N-dealkylation sites (tertiary alicyclic amines) is 1. The number of carbonyl (C=O) groups is 1. The molecule has 1 heterocycles. The van der Waals surface area contributed by atoms with E-state index in [4.69, 9.17) is 0 Å². The largest absolute Gasteiger partial charge is 0.336 e. The Kier molecular flexibility index (Phi) is 5.20. The number of nitrogens with one attached hydrogen (secondary N) is 2. The van der Waals surface area contributed by atoms with Crippen LogP contribution in [-0.4, -0.2) is 50.8 Å². The second-order valence-electron chi connectivity index (χ2n) is 6.11. The predicted octanol–water partition coefficient (Wildman–Crippen LogP) is 0.756. The molecular weight excluding hydrogens is 266 g/mol. The molecule has 1 unspecified atom stereocenters. The van der Waals surface area contributed by atoms with Crippen LogP contribution in [0.3, 0.4) is 0 Å². The van der Waals surface area contributed by atoms with Crippen molar-refractivity contribution in [3.05, 3.63) is 0 Å². The van der Waals surface area contributed by atoms with Crippen LogP contribution in [0.5, 0.6) is 0 Å². The van der Waals surface area contributed by atoms with E-state index in [1.165, 1.54) is 0 Å². The zero-order valence-corrected chi connectivity index (χ0v) is 13.0. The van der Waals surface area contributed by atoms with Crippen LogP contribution in [0.4, 0.5) is 4.79 Å². The third kappa shape index (κ3) is 6.24. The molecule has 19 heavy (non-hydrogen) atoms. The van der Waals surface area contributed by atoms with E-state index >= 15 is 0 Å². The fourth-order valence-electron chi connectivity index (χ4n) is 2.32. The molecule has 7 heteroatoms. The van der Waals surface area contributed by atoms with Gasteiger partial charge in [0.25, 0.3) is 0 Å². The van der Waals surface area contributed by atoms with Crippen molar-refractivity contribution in [2.24, 2.45) is 5.92 Å². The summed E-state index contributed by atoms with van der Waals surface area (Å²) in [7, 11) is -3.28. The summed E-state index contributed by atoms with van der Waals surface area (Å²) in [5.41, 5.74) is -0.690. The second kappa shape index (κ2) is 6.09. The Morgan fingerprint density at radius 3 is 2.58 bits per heavy atom. The van der Waals surface area contributed by atoms with Crippen LogP contribution in [0.1, 0.15) is 33.6 Å². The quantitative estimate of drug-likeness (QED) is 0.802. The topological polar surface area (TPSA) is 78.5 Å². The maximum atomic E-state index is 12.0. The van der Waals surface area contributed by atoms with Gasteiger partial charge in [0.05, 0.1) is 6.26 Å². The van der Waals surface area contributed by atoms with Crippen LogP contribution in [0.2, 0.25) is 0 Å². The van der Waals surface area contributed by atoms with Crippen LogP contribution in [0, 0.1) is 5.92 Å². The minimum absolute atomic E-state index is 0.116. The lowest BCUT2D eigenvalue weighted by molar-refractivity contribution is 0.167. The van der Waals surface area contributed by atoms with E-state index in [1.807, 2.05) is 0 Å². The highest BCUT2D eigenvalue weighted by Crippen LogP contribution is 2.15. The Hall–Kier alpha value is -0.820. The fraction of sp³-hybridized carbons (Fsp3) is 0.917. The smallest absolute Gasteiger partial charge is 0.317 e. The minimum Gasteiger partial charge on any atom is -0.336 e. The molecule has 6 nitrogen and oxygen atoms in total. The Morgan fingerprint density at radius 2 is 2.05 bits per heavy atom. The van der Waals surface area contributed by atoms with E-state index in [2.05, 4.69) is 17.0 Å². The van der Waals surface area contributed by atoms with Gasteiger partial charge in [0.15, 0.2) is 0 Å². The van der Waals surface area contributed by atoms with Crippen molar-refractivity contribution in [1.82, 2.24) is 14.9 Å². The van der Waals surface area contributed by atoms with Gasteiger partial charge in [0.1, 0.15) is 0 Å². The van der Waals surface area contributed by atoms with Gasteiger partial charge < -0.3 is 10.2 Å². The lowest BCUT2D eigenvalue weighted by Gasteiger charge is -2.32. The van der Waals surface area contributed by atoms with E-state index < -0.39 is 15.6 Å². The number of nitrogens with zero attached hydrogens (tertiary/aromatic N) is 1. The van der Waals surface area contributed by atoms with Crippen molar-refractivity contribution in [2.45, 2.75) is 39.2 Å². The third-order valence-electron chi connectivity index (χ3n) is 3.09. The lowest BCUT2D eigenvalue weighted by Crippen LogP contribution is -2.54. The Balaban J connectivity index is 2.45. The molecule has 0 aromatic rings. The first kappa shape index (κ1) is 16.2. The molecule has 112 valence electrons. The van der Waals surface area contributed by atoms with Crippen molar-refractivity contribution in [2.75, 3.05) is 25.9 Å². The number of rotatable bonds is 4. The summed E-state index contributed by atoms with van der Waals surface area (Å²) < 4.78 is 24.9. The molecule has 2 N–H and O–H groups in total. The Morgan fingerprint density at radius 1 is 1.42 bits per heavy atom. The molecule has 1 aliphatic heterocycles. The van der Waals surface area contributed by atoms with Gasteiger partial charge in [-0.15, -0.1) is 0 Å². The van der Waals surface area contributed by atoms with Crippen LogP contribution >= 0.6 is 0 Å². The molecule has 1 fully saturated rings. The van der Waals surface area contributed by atoms with Crippen LogP contribution in [-0.2, 0) is 10.0 Å². The lowest BCUT2D eigenvalue weighted by atomic mass is 10.0. The summed E-state index contributed by atoms with van der Waals surface area (Å²) in [4.78, 5) is 13.8. The average molecular weight is 291 g/mol. The van der Waals surface area contributed by atoms with Crippen molar-refractivity contribution in [3.8, 4) is 0 Å². The van der Waals surface area contributed by atoms with E-state index in [9.17, 15) is 13.2 Å². The number of urea groups is 1. The first-order valence-corrected chi connectivity index (χ1v) is 8.50. The molecule has 1 aliphatic rings. The summed E-state index contributed by atoms with van der Waals surface area (Å²) >= 11 is 0. The fourth-order valence-corrected chi connectivity index (χ4v) is 3.40. The molecule has 2 amide bonds. The highest BCUT2D eigenvalue weighted by atomic mass is 32.2. The highest BCUT2D eigenvalue weighted by Gasteiger charge is 2.25. The molecule has 0 aromatic carbocycles. The molecule has 1 atom stereocenters. The highest BCUT2D eigenvalue weighted by molar-refractivity contribution is 7.88. The molecule has 0 radical (unpaired) electrons. The monoisotopic (exact) mass is 291 g/mol. The van der Waals surface area contributed by atoms with Gasteiger partial charge in [-0.1, -0.05) is 6.92 Å². The molecule has 0 bridgehead atoms. The SMILES string of the molecule is CC1CCCN(C(=O)NCC(C)(C)NS(C)(=O)=O)C1. The van der Waals surface area contributed by atoms with E-state index in [0.29, 0.717) is 5.92 Å². The molecule has 0 aliphatic carbocycles. The maximum Gasteiger partial charge on any atom is 0.317 e. The number of hydrogen-bond donors (Lipinski definition) is 2. The molecular formula is C12H25N3O3S. The summed E-state index contributed by atoms with van der Waals surface area (Å²) in [5.74, 6) is 0.529. The number of amides is 2. The van der Waals surface area contributed by atoms with E-state index in [-0.39, 0.29) is 12.6 Å². The normalized spacial score (nSPS) is 21.3. The number of sulfonamides is 1. The molecule has 1 saturated heterocycles. The van der Waals surface area contributed by atoms with E-state index in [0.717, 1.165) is 32.2 Å².